The molecule has 6 heteroatoms. The molecule has 0 aliphatic carbocycles. The van der Waals surface area contributed by atoms with Crippen LogP contribution >= 0.6 is 0 Å². The number of rotatable bonds is 0. The Morgan fingerprint density at radius 3 is 2.93 bits per heavy atom. The lowest BCUT2D eigenvalue weighted by Gasteiger charge is -1.88. The summed E-state index contributed by atoms with van der Waals surface area (Å²) in [6, 6.07) is 4.42. The summed E-state index contributed by atoms with van der Waals surface area (Å²) in [5, 5.41) is 19.3. The van der Waals surface area contributed by atoms with Crippen LogP contribution in [0.2, 0.25) is 0 Å². The first-order valence-corrected chi connectivity index (χ1v) is 3.94. The van der Waals surface area contributed by atoms with Crippen molar-refractivity contribution in [2.45, 2.75) is 0 Å². The summed E-state index contributed by atoms with van der Waals surface area (Å²) in [6.07, 6.45) is 0. The first kappa shape index (κ1) is 7.19. The van der Waals surface area contributed by atoms with Crippen molar-refractivity contribution in [3.63, 3.8) is 0 Å². The third-order valence-electron chi connectivity index (χ3n) is 1.96. The fraction of sp³-hybridized carbons (Fsp3) is 0. The normalized spacial score (nSPS) is 12.3. The Bertz CT molecular complexity index is 622. The second-order valence-corrected chi connectivity index (χ2v) is 2.84. The molecular formula is C8H3N5O. The molecule has 0 N–H and O–H groups in total. The first-order valence-electron chi connectivity index (χ1n) is 3.94. The van der Waals surface area contributed by atoms with Crippen LogP contribution in [0.3, 0.4) is 0 Å². The van der Waals surface area contributed by atoms with Crippen molar-refractivity contribution >= 4 is 22.4 Å². The lowest BCUT2D eigenvalue weighted by Crippen LogP contribution is -1.88. The number of aromatic nitrogens is 3. The number of hydrogen-bond donors (Lipinski definition) is 0. The van der Waals surface area contributed by atoms with E-state index in [0.717, 1.165) is 0 Å². The first-order chi connectivity index (χ1) is 6.84. The van der Waals surface area contributed by atoms with Crippen molar-refractivity contribution in [3.05, 3.63) is 28.4 Å². The molecule has 1 aliphatic heterocycles. The summed E-state index contributed by atoms with van der Waals surface area (Å²) in [5.74, 6) is 0.417. The molecule has 0 atom stereocenters. The van der Waals surface area contributed by atoms with Crippen molar-refractivity contribution in [3.8, 4) is 0 Å². The van der Waals surface area contributed by atoms with Gasteiger partial charge < -0.3 is 0 Å². The average molecular weight is 185 g/mol. The predicted molar refractivity (Wildman–Crippen MR) is 47.8 cm³/mol. The Labute approximate surface area is 77.3 Å². The molecule has 1 aromatic heterocycles. The molecule has 0 radical (unpaired) electrons. The third kappa shape index (κ3) is 0.846. The Kier molecular flexibility index (Phi) is 1.22. The van der Waals surface area contributed by atoms with E-state index in [1.807, 2.05) is 0 Å². The maximum atomic E-state index is 11.2. The predicted octanol–water partition coefficient (Wildman–Crippen LogP) is 1.11. The number of azo groups is 1. The van der Waals surface area contributed by atoms with Crippen LogP contribution < -0.4 is 5.43 Å². The standard InChI is InChI=1S/C8H3N5O/c14-4-1-2-5-7-6(3-4)9-11-8(7)12-13-10-5/h1-3H. The SMILES string of the molecule is O=c1ccc2nnnc3c2c(c1)N=N3. The van der Waals surface area contributed by atoms with Gasteiger partial charge in [0.05, 0.1) is 5.39 Å². The number of nitrogens with zero attached hydrogens (tertiary/aromatic N) is 5. The van der Waals surface area contributed by atoms with Crippen LogP contribution in [-0.2, 0) is 0 Å². The molecule has 3 rings (SSSR count). The monoisotopic (exact) mass is 185 g/mol. The summed E-state index contributed by atoms with van der Waals surface area (Å²) >= 11 is 0. The van der Waals surface area contributed by atoms with Crippen molar-refractivity contribution in [1.29, 1.82) is 0 Å². The van der Waals surface area contributed by atoms with Gasteiger partial charge in [0.1, 0.15) is 11.2 Å². The van der Waals surface area contributed by atoms with Gasteiger partial charge in [0, 0.05) is 6.07 Å². The Morgan fingerprint density at radius 1 is 1.07 bits per heavy atom. The minimum Gasteiger partial charge on any atom is -0.290 e. The van der Waals surface area contributed by atoms with Crippen LogP contribution in [0.1, 0.15) is 0 Å². The average Bonchev–Trinajstić information content (AvgIpc) is 2.51. The molecule has 1 aliphatic rings. The van der Waals surface area contributed by atoms with Crippen molar-refractivity contribution in [1.82, 2.24) is 15.4 Å². The molecule has 66 valence electrons. The van der Waals surface area contributed by atoms with E-state index < -0.39 is 0 Å². The Balaban J connectivity index is 2.67. The molecule has 1 aromatic carbocycles. The van der Waals surface area contributed by atoms with E-state index in [-0.39, 0.29) is 5.43 Å². The quantitative estimate of drug-likeness (QED) is 0.525. The van der Waals surface area contributed by atoms with E-state index in [2.05, 4.69) is 25.6 Å². The third-order valence-corrected chi connectivity index (χ3v) is 1.96. The summed E-state index contributed by atoms with van der Waals surface area (Å²) in [6.45, 7) is 0. The molecule has 14 heavy (non-hydrogen) atoms. The second-order valence-electron chi connectivity index (χ2n) is 2.84. The molecule has 2 heterocycles. The lowest BCUT2D eigenvalue weighted by molar-refractivity contribution is 0.893. The molecule has 0 fully saturated rings. The van der Waals surface area contributed by atoms with Crippen molar-refractivity contribution < 1.29 is 0 Å². The van der Waals surface area contributed by atoms with Crippen molar-refractivity contribution in [2.24, 2.45) is 10.2 Å². The smallest absolute Gasteiger partial charge is 0.209 e. The molecule has 0 saturated heterocycles. The van der Waals surface area contributed by atoms with Gasteiger partial charge >= 0.3 is 0 Å². The van der Waals surface area contributed by atoms with Gasteiger partial charge in [-0.15, -0.1) is 20.4 Å². The Morgan fingerprint density at radius 2 is 2.00 bits per heavy atom. The summed E-state index contributed by atoms with van der Waals surface area (Å²) in [7, 11) is 0. The summed E-state index contributed by atoms with van der Waals surface area (Å²) in [5.41, 5.74) is 0.953. The van der Waals surface area contributed by atoms with Gasteiger partial charge in [0.15, 0.2) is 5.43 Å². The van der Waals surface area contributed by atoms with Crippen LogP contribution in [0, 0.1) is 0 Å². The zero-order chi connectivity index (χ0) is 9.54. The summed E-state index contributed by atoms with van der Waals surface area (Å²) < 4.78 is 0. The van der Waals surface area contributed by atoms with E-state index in [4.69, 9.17) is 0 Å². The highest BCUT2D eigenvalue weighted by Gasteiger charge is 2.13. The largest absolute Gasteiger partial charge is 0.290 e. The Hall–Kier alpha value is -2.24. The minimum atomic E-state index is -0.134. The van der Waals surface area contributed by atoms with E-state index in [0.29, 0.717) is 22.4 Å². The number of hydrogen-bond acceptors (Lipinski definition) is 6. The van der Waals surface area contributed by atoms with E-state index in [1.165, 1.54) is 12.1 Å². The van der Waals surface area contributed by atoms with Gasteiger partial charge in [-0.25, -0.2) is 0 Å². The van der Waals surface area contributed by atoms with Gasteiger partial charge in [-0.3, -0.25) is 4.79 Å². The highest BCUT2D eigenvalue weighted by Crippen LogP contribution is 2.35. The molecule has 0 amide bonds. The van der Waals surface area contributed by atoms with Crippen LogP contribution in [0.5, 0.6) is 0 Å². The molecule has 2 aromatic rings. The zero-order valence-corrected chi connectivity index (χ0v) is 6.88. The van der Waals surface area contributed by atoms with E-state index >= 15 is 0 Å². The molecule has 6 nitrogen and oxygen atoms in total. The second kappa shape index (κ2) is 2.38. The van der Waals surface area contributed by atoms with Gasteiger partial charge in [0.2, 0.25) is 5.82 Å². The molecular weight excluding hydrogens is 182 g/mol. The zero-order valence-electron chi connectivity index (χ0n) is 6.88. The van der Waals surface area contributed by atoms with E-state index in [1.54, 1.807) is 6.07 Å². The molecule has 0 bridgehead atoms. The van der Waals surface area contributed by atoms with Gasteiger partial charge in [-0.1, -0.05) is 0 Å². The minimum absolute atomic E-state index is 0.134. The fourth-order valence-corrected chi connectivity index (χ4v) is 1.36. The lowest BCUT2D eigenvalue weighted by atomic mass is 10.3. The van der Waals surface area contributed by atoms with Gasteiger partial charge in [-0.05, 0) is 17.3 Å². The fourth-order valence-electron chi connectivity index (χ4n) is 1.36. The van der Waals surface area contributed by atoms with Gasteiger partial charge in [0.25, 0.3) is 0 Å². The molecule has 0 unspecified atom stereocenters. The highest BCUT2D eigenvalue weighted by molar-refractivity contribution is 5.97. The van der Waals surface area contributed by atoms with Crippen LogP contribution in [0.15, 0.2) is 33.2 Å². The maximum absolute atomic E-state index is 11.2. The topological polar surface area (TPSA) is 80.5 Å². The molecule has 0 saturated carbocycles. The molecule has 0 spiro atoms. The van der Waals surface area contributed by atoms with Crippen LogP contribution in [0.25, 0.3) is 10.9 Å². The van der Waals surface area contributed by atoms with Crippen LogP contribution in [-0.4, -0.2) is 15.4 Å². The van der Waals surface area contributed by atoms with Crippen molar-refractivity contribution in [2.75, 3.05) is 0 Å². The highest BCUT2D eigenvalue weighted by atomic mass is 16.1. The van der Waals surface area contributed by atoms with Crippen LogP contribution in [0.4, 0.5) is 11.5 Å². The maximum Gasteiger partial charge on any atom is 0.209 e. The van der Waals surface area contributed by atoms with E-state index in [9.17, 15) is 4.79 Å². The summed E-state index contributed by atoms with van der Waals surface area (Å²) in [4.78, 5) is 11.2. The van der Waals surface area contributed by atoms with Gasteiger partial charge in [-0.2, -0.15) is 0 Å².